The molecule has 13 heteroatoms. The number of amides is 1. The highest BCUT2D eigenvalue weighted by molar-refractivity contribution is 5.95. The van der Waals surface area contributed by atoms with Crippen molar-refractivity contribution in [1.29, 1.82) is 0 Å². The molecule has 6 fully saturated rings. The molecule has 3 N–H and O–H groups in total. The summed E-state index contributed by atoms with van der Waals surface area (Å²) in [7, 11) is 4.17. The first-order valence-corrected chi connectivity index (χ1v) is 21.3. The Kier molecular flexibility index (Phi) is 12.1. The maximum atomic E-state index is 14.5. The lowest BCUT2D eigenvalue weighted by Crippen LogP contribution is -2.68. The van der Waals surface area contributed by atoms with Crippen molar-refractivity contribution in [2.24, 2.45) is 69.0 Å². The van der Waals surface area contributed by atoms with Gasteiger partial charge in [0.15, 0.2) is 11.6 Å². The molecule has 58 heavy (non-hydrogen) atoms. The fraction of sp³-hybridized carbons (Fsp3) is 0.778. The second kappa shape index (κ2) is 15.9. The molecule has 1 amide bonds. The third-order valence-electron chi connectivity index (χ3n) is 16.9. The Hall–Kier alpha value is -3.42. The van der Waals surface area contributed by atoms with Crippen molar-refractivity contribution >= 4 is 35.4 Å². The lowest BCUT2D eigenvalue weighted by Gasteiger charge is -2.62. The van der Waals surface area contributed by atoms with Crippen LogP contribution in [-0.4, -0.2) is 108 Å². The number of esters is 3. The quantitative estimate of drug-likeness (QED) is 0.191. The van der Waals surface area contributed by atoms with Gasteiger partial charge in [-0.05, 0) is 99.7 Å². The van der Waals surface area contributed by atoms with Crippen LogP contribution in [0.4, 0.5) is 0 Å². The van der Waals surface area contributed by atoms with E-state index in [1.807, 2.05) is 20.8 Å². The van der Waals surface area contributed by atoms with Crippen molar-refractivity contribution in [2.45, 2.75) is 118 Å². The third kappa shape index (κ3) is 6.60. The molecule has 0 aromatic carbocycles. The number of nitrogens with zero attached hydrogens (tertiary/aromatic N) is 1. The minimum Gasteiger partial charge on any atom is -0.469 e. The number of aliphatic hydroxyl groups is 3. The number of hydrogen-bond donors (Lipinski definition) is 3. The number of carbonyl (C=O) groups is 6. The lowest BCUT2D eigenvalue weighted by molar-refractivity contribution is -0.214. The standard InChI is InChI=1S/C45H65NO12/c1-23-25(21-30(48)46(7)19-20-47)11-13-28-32(23)35(51)37(53)39-43(28,4)18-15-29(45(39,6)41(55)57-9)58-31(49)22-26-12-14-27-33(24(26)2)34(50)36(52)38-42(27,3)16-10-17-44(38,5)40(54)56-8/h21-24,27-29,32-35,38-39,47,50-51H,10-20H2,1-9H3/b25-21+,26-22+/t23-,24-,27-,28-,29?,32-,33-,34+,35+,38+,39+,42+,43+,44-,45-/m0/s1. The Labute approximate surface area is 342 Å². The van der Waals surface area contributed by atoms with Crippen LogP contribution in [0.1, 0.15) is 99.3 Å². The van der Waals surface area contributed by atoms with Crippen LogP contribution in [0.25, 0.3) is 0 Å². The normalized spacial score (nSPS) is 44.9. The Bertz CT molecular complexity index is 1770. The summed E-state index contributed by atoms with van der Waals surface area (Å²) in [4.78, 5) is 83.9. The predicted molar refractivity (Wildman–Crippen MR) is 210 cm³/mol. The van der Waals surface area contributed by atoms with Gasteiger partial charge in [-0.15, -0.1) is 0 Å². The van der Waals surface area contributed by atoms with E-state index in [0.717, 1.165) is 24.0 Å². The summed E-state index contributed by atoms with van der Waals surface area (Å²) in [5.74, 6) is -6.54. The Morgan fingerprint density at radius 1 is 0.759 bits per heavy atom. The number of rotatable bonds is 7. The van der Waals surface area contributed by atoms with Crippen LogP contribution in [0.3, 0.4) is 0 Å². The van der Waals surface area contributed by atoms with Crippen LogP contribution < -0.4 is 0 Å². The molecule has 0 aromatic heterocycles. The molecule has 0 aromatic rings. The van der Waals surface area contributed by atoms with Crippen molar-refractivity contribution in [3.8, 4) is 0 Å². The third-order valence-corrected chi connectivity index (χ3v) is 16.9. The predicted octanol–water partition coefficient (Wildman–Crippen LogP) is 3.99. The first kappa shape index (κ1) is 44.1. The number of carbonyl (C=O) groups excluding carboxylic acids is 6. The summed E-state index contributed by atoms with van der Waals surface area (Å²) in [5.41, 5.74) is -2.40. The molecular weight excluding hydrogens is 746 g/mol. The number of methoxy groups -OCH3 is 2. The van der Waals surface area contributed by atoms with Crippen molar-refractivity contribution in [2.75, 3.05) is 34.4 Å². The fourth-order valence-electron chi connectivity index (χ4n) is 14.0. The van der Waals surface area contributed by atoms with Crippen molar-refractivity contribution in [3.05, 3.63) is 23.3 Å². The zero-order valence-corrected chi connectivity index (χ0v) is 35.7. The molecule has 0 bridgehead atoms. The highest BCUT2D eigenvalue weighted by Gasteiger charge is 2.70. The number of hydrogen-bond acceptors (Lipinski definition) is 12. The molecule has 6 aliphatic carbocycles. The first-order chi connectivity index (χ1) is 27.2. The topological polar surface area (TPSA) is 194 Å². The van der Waals surface area contributed by atoms with E-state index in [9.17, 15) is 44.1 Å². The van der Waals surface area contributed by atoms with E-state index >= 15 is 0 Å². The monoisotopic (exact) mass is 811 g/mol. The van der Waals surface area contributed by atoms with Gasteiger partial charge in [0.05, 0.1) is 26.2 Å². The molecule has 0 spiro atoms. The van der Waals surface area contributed by atoms with Gasteiger partial charge in [-0.3, -0.25) is 24.0 Å². The number of Topliss-reactive ketones (excluding diaryl/α,β-unsaturated/α-hetero) is 2. The summed E-state index contributed by atoms with van der Waals surface area (Å²) >= 11 is 0. The highest BCUT2D eigenvalue weighted by atomic mass is 16.6. The van der Waals surface area contributed by atoms with Crippen molar-refractivity contribution in [1.82, 2.24) is 4.90 Å². The van der Waals surface area contributed by atoms with E-state index < -0.39 is 87.3 Å². The minimum absolute atomic E-state index is 0.0778. The number of ether oxygens (including phenoxy) is 3. The van der Waals surface area contributed by atoms with Gasteiger partial charge in [0.2, 0.25) is 5.91 Å². The second-order valence-corrected chi connectivity index (χ2v) is 19.5. The van der Waals surface area contributed by atoms with Gasteiger partial charge in [-0.2, -0.15) is 0 Å². The smallest absolute Gasteiger partial charge is 0.331 e. The van der Waals surface area contributed by atoms with Crippen molar-refractivity contribution < 1.29 is 58.3 Å². The van der Waals surface area contributed by atoms with E-state index in [4.69, 9.17) is 14.2 Å². The molecule has 6 aliphatic rings. The summed E-state index contributed by atoms with van der Waals surface area (Å²) in [6.07, 6.45) is 4.15. The number of allylic oxidation sites excluding steroid dienone is 2. The van der Waals surface area contributed by atoms with Crippen LogP contribution >= 0.6 is 0 Å². The number of aliphatic hydroxyl groups excluding tert-OH is 3. The van der Waals surface area contributed by atoms with Gasteiger partial charge in [0.1, 0.15) is 23.7 Å². The molecular formula is C45H65NO12. The van der Waals surface area contributed by atoms with Gasteiger partial charge in [-0.25, -0.2) is 4.79 Å². The van der Waals surface area contributed by atoms with Crippen molar-refractivity contribution in [3.63, 3.8) is 0 Å². The molecule has 13 nitrogen and oxygen atoms in total. The number of likely N-dealkylation sites (N-methyl/N-ethyl adjacent to an activating group) is 1. The Morgan fingerprint density at radius 3 is 1.81 bits per heavy atom. The SMILES string of the molecule is COC(=O)[C@@]1(C)C(OC(=O)/C=C2\CC[C@H]3[C@@H]([C@@H](O)C(=O)[C@@H]4[C@]3(C)CCC[C@]4(C)C(=O)OC)[C@H]2C)CC[C@@]2(C)[C@H]1C(=O)[C@H](O)[C@H]1[C@@H](C)/C(=C/C(=O)N(C)CCO)CC[C@@H]12. The molecule has 6 saturated carbocycles. The van der Waals surface area contributed by atoms with Crippen LogP contribution in [-0.2, 0) is 43.0 Å². The molecule has 0 radical (unpaired) electrons. The maximum Gasteiger partial charge on any atom is 0.331 e. The number of ketones is 2. The Morgan fingerprint density at radius 2 is 1.28 bits per heavy atom. The molecule has 6 rings (SSSR count). The zero-order chi connectivity index (χ0) is 42.9. The van der Waals surface area contributed by atoms with Gasteiger partial charge >= 0.3 is 17.9 Å². The summed E-state index contributed by atoms with van der Waals surface area (Å²) in [6.45, 7) is 11.3. The summed E-state index contributed by atoms with van der Waals surface area (Å²) < 4.78 is 16.7. The first-order valence-electron chi connectivity index (χ1n) is 21.3. The summed E-state index contributed by atoms with van der Waals surface area (Å²) in [5, 5.41) is 32.7. The van der Waals surface area contributed by atoms with Crippen LogP contribution in [0.2, 0.25) is 0 Å². The average Bonchev–Trinajstić information content (AvgIpc) is 3.18. The molecule has 0 aliphatic heterocycles. The number of fused-ring (bicyclic) bond motifs is 6. The summed E-state index contributed by atoms with van der Waals surface area (Å²) in [6, 6.07) is 0. The van der Waals surface area contributed by atoms with E-state index in [2.05, 4.69) is 6.92 Å². The van der Waals surface area contributed by atoms with Gasteiger partial charge in [0, 0.05) is 49.4 Å². The van der Waals surface area contributed by atoms with Gasteiger partial charge in [0.25, 0.3) is 0 Å². The molecule has 0 saturated heterocycles. The van der Waals surface area contributed by atoms with Gasteiger partial charge < -0.3 is 34.4 Å². The molecule has 1 unspecified atom stereocenters. The van der Waals surface area contributed by atoms with Gasteiger partial charge in [-0.1, -0.05) is 45.3 Å². The van der Waals surface area contributed by atoms with Crippen LogP contribution in [0, 0.1) is 69.0 Å². The second-order valence-electron chi connectivity index (χ2n) is 19.5. The average molecular weight is 812 g/mol. The highest BCUT2D eigenvalue weighted by Crippen LogP contribution is 2.66. The largest absolute Gasteiger partial charge is 0.469 e. The van der Waals surface area contributed by atoms with E-state index in [1.54, 1.807) is 27.0 Å². The zero-order valence-electron chi connectivity index (χ0n) is 35.7. The van der Waals surface area contributed by atoms with E-state index in [0.29, 0.717) is 38.5 Å². The van der Waals surface area contributed by atoms with E-state index in [1.165, 1.54) is 25.2 Å². The lowest BCUT2D eigenvalue weighted by atomic mass is 9.41. The molecule has 322 valence electrons. The minimum atomic E-state index is -1.62. The van der Waals surface area contributed by atoms with E-state index in [-0.39, 0.29) is 54.9 Å². The Balaban J connectivity index is 1.24. The molecule has 15 atom stereocenters. The van der Waals surface area contributed by atoms with Crippen LogP contribution in [0.15, 0.2) is 23.3 Å². The maximum absolute atomic E-state index is 14.5. The van der Waals surface area contributed by atoms with Crippen LogP contribution in [0.5, 0.6) is 0 Å². The molecule has 0 heterocycles. The fourth-order valence-corrected chi connectivity index (χ4v) is 14.0.